The molecule has 0 unspecified atom stereocenters. The van der Waals surface area contributed by atoms with Crippen LogP contribution in [-0.2, 0) is 15.1 Å². The Morgan fingerprint density at radius 2 is 1.39 bits per heavy atom. The average molecular weight is 509 g/mol. The van der Waals surface area contributed by atoms with Crippen molar-refractivity contribution >= 4 is 0 Å². The van der Waals surface area contributed by atoms with Gasteiger partial charge < -0.3 is 9.47 Å². The number of rotatable bonds is 7. The van der Waals surface area contributed by atoms with Gasteiger partial charge in [0.15, 0.2) is 0 Å². The molecule has 6 heteroatoms. The second-order valence-corrected chi connectivity index (χ2v) is 9.88. The van der Waals surface area contributed by atoms with Gasteiger partial charge in [-0.2, -0.15) is 0 Å². The summed E-state index contributed by atoms with van der Waals surface area (Å²) in [4.78, 5) is 26.9. The predicted molar refractivity (Wildman–Crippen MR) is 148 cm³/mol. The molecule has 1 saturated heterocycles. The van der Waals surface area contributed by atoms with Gasteiger partial charge in [-0.3, -0.25) is 14.3 Å². The number of nitrogens with zero attached hydrogens (tertiary/aromatic N) is 1. The summed E-state index contributed by atoms with van der Waals surface area (Å²) in [5, 5.41) is 0. The molecule has 2 heterocycles. The van der Waals surface area contributed by atoms with Crippen molar-refractivity contribution in [1.82, 2.24) is 9.55 Å². The number of aromatic nitrogens is 2. The van der Waals surface area contributed by atoms with E-state index in [1.165, 1.54) is 4.57 Å². The Morgan fingerprint density at radius 3 is 1.87 bits per heavy atom. The van der Waals surface area contributed by atoms with Crippen molar-refractivity contribution in [3.05, 3.63) is 151 Å². The van der Waals surface area contributed by atoms with Gasteiger partial charge in [0, 0.05) is 18.2 Å². The average Bonchev–Trinajstić information content (AvgIpc) is 3.37. The van der Waals surface area contributed by atoms with Crippen LogP contribution in [0.1, 0.15) is 48.8 Å². The zero-order chi connectivity index (χ0) is 26.7. The molecule has 38 heavy (non-hydrogen) atoms. The molecule has 2 atom stereocenters. The van der Waals surface area contributed by atoms with Crippen LogP contribution in [0.15, 0.2) is 118 Å². The Balaban J connectivity index is 1.56. The third-order valence-corrected chi connectivity index (χ3v) is 7.20. The minimum atomic E-state index is -0.872. The first-order valence-electron chi connectivity index (χ1n) is 12.8. The van der Waals surface area contributed by atoms with E-state index in [2.05, 4.69) is 41.4 Å². The van der Waals surface area contributed by atoms with E-state index < -0.39 is 17.5 Å². The minimum absolute atomic E-state index is 0.271. The van der Waals surface area contributed by atoms with Crippen LogP contribution in [0.25, 0.3) is 0 Å². The first-order valence-corrected chi connectivity index (χ1v) is 12.8. The predicted octanol–water partition coefficient (Wildman–Crippen LogP) is 5.48. The van der Waals surface area contributed by atoms with Crippen molar-refractivity contribution in [3.63, 3.8) is 0 Å². The standard InChI is InChI=1S/C32H32N2O4/c1-22(2)27-19-29(34-20-23(3)30(35)33-31(34)36)38-28(27)21-37-32(24-13-7-4-8-14-24,25-15-9-5-10-16-25)26-17-11-6-12-18-26/h4-18,20,28-29H,19,21H2,1-3H3,(H,33,35,36)/t28-,29-/m1/s1. The lowest BCUT2D eigenvalue weighted by molar-refractivity contribution is -0.0717. The molecule has 0 aliphatic carbocycles. The Hall–Kier alpha value is -4.00. The van der Waals surface area contributed by atoms with Crippen LogP contribution in [0.4, 0.5) is 0 Å². The smallest absolute Gasteiger partial charge is 0.330 e. The summed E-state index contributed by atoms with van der Waals surface area (Å²) < 4.78 is 14.9. The molecule has 0 bridgehead atoms. The molecule has 1 fully saturated rings. The molecule has 0 spiro atoms. The number of hydrogen-bond acceptors (Lipinski definition) is 4. The van der Waals surface area contributed by atoms with E-state index in [4.69, 9.17) is 9.47 Å². The maximum Gasteiger partial charge on any atom is 0.330 e. The van der Waals surface area contributed by atoms with Crippen molar-refractivity contribution < 1.29 is 9.47 Å². The van der Waals surface area contributed by atoms with Crippen molar-refractivity contribution in [1.29, 1.82) is 0 Å². The van der Waals surface area contributed by atoms with Gasteiger partial charge in [0.05, 0.1) is 6.61 Å². The Labute approximate surface area is 222 Å². The Morgan fingerprint density at radius 1 is 0.895 bits per heavy atom. The fourth-order valence-corrected chi connectivity index (χ4v) is 5.24. The normalized spacial score (nSPS) is 17.5. The van der Waals surface area contributed by atoms with Gasteiger partial charge in [0.2, 0.25) is 0 Å². The lowest BCUT2D eigenvalue weighted by atomic mass is 9.80. The first kappa shape index (κ1) is 25.6. The van der Waals surface area contributed by atoms with Gasteiger partial charge in [-0.15, -0.1) is 0 Å². The fourth-order valence-electron chi connectivity index (χ4n) is 5.24. The Kier molecular flexibility index (Phi) is 7.27. The van der Waals surface area contributed by atoms with Crippen molar-refractivity contribution in [2.45, 2.75) is 45.1 Å². The maximum absolute atomic E-state index is 12.6. The summed E-state index contributed by atoms with van der Waals surface area (Å²) in [5.41, 5.74) is 3.98. The molecule has 4 aromatic rings. The number of nitrogens with one attached hydrogen (secondary N) is 1. The van der Waals surface area contributed by atoms with Crippen molar-refractivity contribution in [2.24, 2.45) is 0 Å². The molecule has 1 N–H and O–H groups in total. The zero-order valence-corrected chi connectivity index (χ0v) is 21.9. The van der Waals surface area contributed by atoms with Gasteiger partial charge in [0.25, 0.3) is 5.56 Å². The highest BCUT2D eigenvalue weighted by molar-refractivity contribution is 5.47. The number of ether oxygens (including phenoxy) is 2. The Bertz CT molecular complexity index is 1440. The molecule has 0 radical (unpaired) electrons. The lowest BCUT2D eigenvalue weighted by Crippen LogP contribution is -2.36. The molecule has 0 amide bonds. The molecular weight excluding hydrogens is 476 g/mol. The van der Waals surface area contributed by atoms with Crippen LogP contribution < -0.4 is 11.2 Å². The third kappa shape index (κ3) is 4.80. The fraction of sp³-hybridized carbons (Fsp3) is 0.250. The van der Waals surface area contributed by atoms with Gasteiger partial charge in [-0.25, -0.2) is 4.79 Å². The van der Waals surface area contributed by atoms with Crippen LogP contribution >= 0.6 is 0 Å². The van der Waals surface area contributed by atoms with E-state index in [1.54, 1.807) is 13.1 Å². The molecular formula is C32H32N2O4. The maximum atomic E-state index is 12.6. The quantitative estimate of drug-likeness (QED) is 0.265. The number of aryl methyl sites for hydroxylation is 1. The lowest BCUT2D eigenvalue weighted by Gasteiger charge is -2.37. The topological polar surface area (TPSA) is 73.3 Å². The molecule has 3 aromatic carbocycles. The first-order chi connectivity index (χ1) is 18.4. The SMILES string of the molecule is CC(C)=C1C[C@H](n2cc(C)c(=O)[nH]c2=O)O[C@@H]1COC(c1ccccc1)(c1ccccc1)c1ccccc1. The van der Waals surface area contributed by atoms with Crippen LogP contribution in [0.3, 0.4) is 0 Å². The molecule has 5 rings (SSSR count). The summed E-state index contributed by atoms with van der Waals surface area (Å²) in [6.45, 7) is 6.05. The van der Waals surface area contributed by atoms with Crippen LogP contribution in [0.2, 0.25) is 0 Å². The van der Waals surface area contributed by atoms with E-state index in [0.29, 0.717) is 12.0 Å². The third-order valence-electron chi connectivity index (χ3n) is 7.20. The van der Waals surface area contributed by atoms with Crippen LogP contribution in [0.5, 0.6) is 0 Å². The number of benzene rings is 3. The number of H-pyrrole nitrogens is 1. The molecule has 194 valence electrons. The highest BCUT2D eigenvalue weighted by Gasteiger charge is 2.40. The number of allylic oxidation sites excluding steroid dienone is 1. The molecule has 0 saturated carbocycles. The number of aromatic amines is 1. The van der Waals surface area contributed by atoms with Crippen molar-refractivity contribution in [2.75, 3.05) is 6.61 Å². The van der Waals surface area contributed by atoms with Gasteiger partial charge in [0.1, 0.15) is 17.9 Å². The van der Waals surface area contributed by atoms with Gasteiger partial charge in [-0.05, 0) is 43.0 Å². The number of hydrogen-bond donors (Lipinski definition) is 1. The van der Waals surface area contributed by atoms with Gasteiger partial charge in [-0.1, -0.05) is 96.6 Å². The minimum Gasteiger partial charge on any atom is -0.358 e. The van der Waals surface area contributed by atoms with E-state index in [1.807, 2.05) is 68.4 Å². The van der Waals surface area contributed by atoms with Crippen molar-refractivity contribution in [3.8, 4) is 0 Å². The summed E-state index contributed by atoms with van der Waals surface area (Å²) in [6.07, 6.45) is 1.21. The van der Waals surface area contributed by atoms with E-state index >= 15 is 0 Å². The molecule has 6 nitrogen and oxygen atoms in total. The second kappa shape index (κ2) is 10.8. The second-order valence-electron chi connectivity index (χ2n) is 9.88. The van der Waals surface area contributed by atoms with E-state index in [9.17, 15) is 9.59 Å². The van der Waals surface area contributed by atoms with Crippen LogP contribution in [-0.4, -0.2) is 22.3 Å². The summed E-state index contributed by atoms with van der Waals surface area (Å²) in [7, 11) is 0. The van der Waals surface area contributed by atoms with E-state index in [0.717, 1.165) is 27.8 Å². The zero-order valence-electron chi connectivity index (χ0n) is 21.9. The summed E-state index contributed by atoms with van der Waals surface area (Å²) in [5.74, 6) is 0. The molecule has 1 aliphatic rings. The highest BCUT2D eigenvalue weighted by atomic mass is 16.6. The van der Waals surface area contributed by atoms with Gasteiger partial charge >= 0.3 is 5.69 Å². The largest absolute Gasteiger partial charge is 0.358 e. The monoisotopic (exact) mass is 508 g/mol. The highest BCUT2D eigenvalue weighted by Crippen LogP contribution is 2.42. The van der Waals surface area contributed by atoms with Crippen LogP contribution in [0, 0.1) is 6.92 Å². The van der Waals surface area contributed by atoms with E-state index in [-0.39, 0.29) is 18.3 Å². The molecule has 1 aliphatic heterocycles. The summed E-state index contributed by atoms with van der Waals surface area (Å²) in [6, 6.07) is 30.6. The molecule has 1 aromatic heterocycles. The summed E-state index contributed by atoms with van der Waals surface area (Å²) >= 11 is 0.